The van der Waals surface area contributed by atoms with Crippen molar-refractivity contribution >= 4 is 17.1 Å². The van der Waals surface area contributed by atoms with Crippen molar-refractivity contribution in [3.63, 3.8) is 0 Å². The van der Waals surface area contributed by atoms with Crippen LogP contribution in [-0.4, -0.2) is 30.4 Å². The second-order valence-electron chi connectivity index (χ2n) is 5.14. The summed E-state index contributed by atoms with van der Waals surface area (Å²) in [5.74, 6) is -0.360. The fourth-order valence-electron chi connectivity index (χ4n) is 1.43. The average molecular weight is 265 g/mol. The van der Waals surface area contributed by atoms with Crippen molar-refractivity contribution in [2.75, 3.05) is 0 Å². The Hall–Kier alpha value is -2.38. The number of hydrogen-bond acceptors (Lipinski definition) is 6. The van der Waals surface area contributed by atoms with Crippen LogP contribution in [0, 0.1) is 10.8 Å². The lowest BCUT2D eigenvalue weighted by molar-refractivity contribution is -0.156. The van der Waals surface area contributed by atoms with Crippen LogP contribution in [0.1, 0.15) is 20.8 Å². The van der Waals surface area contributed by atoms with Crippen molar-refractivity contribution in [3.8, 4) is 0 Å². The van der Waals surface area contributed by atoms with Crippen molar-refractivity contribution < 1.29 is 14.7 Å². The number of carbonyl (C=O) groups is 1. The number of rotatable bonds is 2. The van der Waals surface area contributed by atoms with Crippen LogP contribution in [0.25, 0.3) is 11.2 Å². The topological polar surface area (TPSA) is 106 Å². The van der Waals surface area contributed by atoms with E-state index >= 15 is 0 Å². The van der Waals surface area contributed by atoms with Gasteiger partial charge in [0.2, 0.25) is 0 Å². The molecule has 0 aliphatic rings. The summed E-state index contributed by atoms with van der Waals surface area (Å²) in [7, 11) is 0. The molecule has 0 saturated heterocycles. The molecule has 2 heterocycles. The van der Waals surface area contributed by atoms with Crippen molar-refractivity contribution in [1.82, 2.24) is 19.3 Å². The maximum atomic E-state index is 11.7. The van der Waals surface area contributed by atoms with Crippen LogP contribution in [-0.2, 0) is 16.3 Å². The van der Waals surface area contributed by atoms with Gasteiger partial charge in [-0.1, -0.05) is 0 Å². The molecule has 0 atom stereocenters. The number of imidazole rings is 1. The average Bonchev–Trinajstić information content (AvgIpc) is 2.73. The van der Waals surface area contributed by atoms with E-state index in [9.17, 15) is 10.0 Å². The number of esters is 1. The summed E-state index contributed by atoms with van der Waals surface area (Å²) in [4.78, 5) is 19.5. The largest absolute Gasteiger partial charge is 0.443 e. The number of aromatic nitrogens is 4. The number of ether oxygens (including phenoxy) is 1. The van der Waals surface area contributed by atoms with E-state index in [4.69, 9.17) is 10.1 Å². The van der Waals surface area contributed by atoms with Gasteiger partial charge in [-0.05, 0) is 20.8 Å². The van der Waals surface area contributed by atoms with Crippen LogP contribution in [0.2, 0.25) is 0 Å². The molecule has 2 N–H and O–H groups in total. The lowest BCUT2D eigenvalue weighted by atomic mass is 9.98. The molecule has 8 heteroatoms. The van der Waals surface area contributed by atoms with Gasteiger partial charge < -0.3 is 9.94 Å². The van der Waals surface area contributed by atoms with Crippen molar-refractivity contribution in [1.29, 1.82) is 5.41 Å². The highest BCUT2D eigenvalue weighted by Crippen LogP contribution is 2.15. The molecule has 2 aromatic rings. The summed E-state index contributed by atoms with van der Waals surface area (Å²) >= 11 is 0. The summed E-state index contributed by atoms with van der Waals surface area (Å²) in [6.07, 6.45) is 2.49. The lowest BCUT2D eigenvalue weighted by Crippen LogP contribution is -2.25. The van der Waals surface area contributed by atoms with Crippen LogP contribution in [0.15, 0.2) is 12.7 Å². The molecule has 8 nitrogen and oxygen atoms in total. The van der Waals surface area contributed by atoms with Crippen molar-refractivity contribution in [3.05, 3.63) is 18.1 Å². The van der Waals surface area contributed by atoms with Gasteiger partial charge in [0, 0.05) is 0 Å². The first-order chi connectivity index (χ1) is 8.80. The number of carbonyl (C=O) groups excluding carboxylic acids is 1. The molecule has 2 aromatic heterocycles. The first-order valence-electron chi connectivity index (χ1n) is 5.64. The highest BCUT2D eigenvalue weighted by atomic mass is 16.5. The van der Waals surface area contributed by atoms with E-state index in [0.29, 0.717) is 15.9 Å². The summed E-state index contributed by atoms with van der Waals surface area (Å²) in [6.45, 7) is 5.17. The number of nitrogens with zero attached hydrogens (tertiary/aromatic N) is 4. The monoisotopic (exact) mass is 265 g/mol. The molecule has 0 aliphatic carbocycles. The van der Waals surface area contributed by atoms with E-state index in [1.807, 2.05) is 0 Å². The minimum Gasteiger partial charge on any atom is -0.443 e. The lowest BCUT2D eigenvalue weighted by Gasteiger charge is -2.16. The third kappa shape index (κ3) is 2.42. The molecule has 0 spiro atoms. The van der Waals surface area contributed by atoms with Crippen molar-refractivity contribution in [2.24, 2.45) is 5.41 Å². The second-order valence-corrected chi connectivity index (χ2v) is 5.14. The molecule has 0 unspecified atom stereocenters. The first-order valence-corrected chi connectivity index (χ1v) is 5.64. The maximum Gasteiger partial charge on any atom is 0.312 e. The Labute approximate surface area is 108 Å². The van der Waals surface area contributed by atoms with Gasteiger partial charge in [-0.3, -0.25) is 14.8 Å². The number of nitrogens with one attached hydrogen (secondary N) is 1. The molecule has 2 rings (SSSR count). The maximum absolute atomic E-state index is 11.7. The third-order valence-corrected chi connectivity index (χ3v) is 2.51. The Morgan fingerprint density at radius 3 is 2.68 bits per heavy atom. The van der Waals surface area contributed by atoms with Gasteiger partial charge >= 0.3 is 5.97 Å². The quantitative estimate of drug-likeness (QED) is 0.607. The zero-order valence-corrected chi connectivity index (χ0v) is 10.9. The fraction of sp³-hybridized carbons (Fsp3) is 0.455. The molecular weight excluding hydrogens is 250 g/mol. The Bertz CT molecular complexity index is 680. The SMILES string of the molecule is CC(C)(C)C(=O)OCn1cnc2ncn(O)c(=N)c21. The predicted molar refractivity (Wildman–Crippen MR) is 64.1 cm³/mol. The number of hydrogen-bond donors (Lipinski definition) is 2. The van der Waals surface area contributed by atoms with Crippen LogP contribution in [0.3, 0.4) is 0 Å². The molecule has 19 heavy (non-hydrogen) atoms. The predicted octanol–water partition coefficient (Wildman–Crippen LogP) is 0.496. The third-order valence-electron chi connectivity index (χ3n) is 2.51. The molecule has 0 aliphatic heterocycles. The Morgan fingerprint density at radius 2 is 2.05 bits per heavy atom. The Balaban J connectivity index is 2.30. The van der Waals surface area contributed by atoms with E-state index in [1.165, 1.54) is 10.9 Å². The van der Waals surface area contributed by atoms with Gasteiger partial charge in [0.25, 0.3) is 0 Å². The van der Waals surface area contributed by atoms with Crippen LogP contribution in [0.4, 0.5) is 0 Å². The van der Waals surface area contributed by atoms with Crippen LogP contribution >= 0.6 is 0 Å². The standard InChI is InChI=1S/C11H15N5O3/c1-11(2,3)10(17)19-6-15-4-13-9-7(15)8(12)16(18)5-14-9/h4-5,12,18H,6H2,1-3H3. The summed E-state index contributed by atoms with van der Waals surface area (Å²) in [6, 6.07) is 0. The first kappa shape index (κ1) is 13.1. The van der Waals surface area contributed by atoms with Gasteiger partial charge in [0.05, 0.1) is 5.41 Å². The minimum atomic E-state index is -0.602. The zero-order chi connectivity index (χ0) is 14.2. The van der Waals surface area contributed by atoms with E-state index in [0.717, 1.165) is 6.33 Å². The molecule has 102 valence electrons. The smallest absolute Gasteiger partial charge is 0.312 e. The highest BCUT2D eigenvalue weighted by Gasteiger charge is 2.23. The minimum absolute atomic E-state index is 0.0792. The van der Waals surface area contributed by atoms with Gasteiger partial charge in [-0.25, -0.2) is 9.97 Å². The molecule has 0 aromatic carbocycles. The normalized spacial score (nSPS) is 11.7. The second kappa shape index (κ2) is 4.38. The van der Waals surface area contributed by atoms with Gasteiger partial charge in [-0.15, -0.1) is 0 Å². The Kier molecular flexibility index (Phi) is 3.01. The zero-order valence-electron chi connectivity index (χ0n) is 10.9. The summed E-state index contributed by atoms with van der Waals surface area (Å²) in [5, 5.41) is 17.1. The number of fused-ring (bicyclic) bond motifs is 1. The fourth-order valence-corrected chi connectivity index (χ4v) is 1.43. The molecule has 0 bridgehead atoms. The Morgan fingerprint density at radius 1 is 1.42 bits per heavy atom. The van der Waals surface area contributed by atoms with Gasteiger partial charge in [-0.2, -0.15) is 4.73 Å². The van der Waals surface area contributed by atoms with E-state index in [-0.39, 0.29) is 18.2 Å². The van der Waals surface area contributed by atoms with Gasteiger partial charge in [0.1, 0.15) is 18.2 Å². The molecule has 0 radical (unpaired) electrons. The van der Waals surface area contributed by atoms with E-state index < -0.39 is 5.41 Å². The highest BCUT2D eigenvalue weighted by molar-refractivity contribution is 5.75. The van der Waals surface area contributed by atoms with Crippen LogP contribution < -0.4 is 5.49 Å². The van der Waals surface area contributed by atoms with Crippen LogP contribution in [0.5, 0.6) is 0 Å². The van der Waals surface area contributed by atoms with E-state index in [1.54, 1.807) is 20.8 Å². The molecule has 0 saturated carbocycles. The summed E-state index contributed by atoms with van der Waals surface area (Å²) < 4.78 is 7.16. The van der Waals surface area contributed by atoms with Crippen molar-refractivity contribution in [2.45, 2.75) is 27.5 Å². The molecular formula is C11H15N5O3. The summed E-state index contributed by atoms with van der Waals surface area (Å²) in [5.41, 5.74) is -0.168. The van der Waals surface area contributed by atoms with E-state index in [2.05, 4.69) is 9.97 Å². The molecule has 0 amide bonds. The molecule has 0 fully saturated rings. The van der Waals surface area contributed by atoms with Gasteiger partial charge in [0.15, 0.2) is 17.9 Å².